The highest BCUT2D eigenvalue weighted by atomic mass is 127. The van der Waals surface area contributed by atoms with E-state index in [2.05, 4.69) is 112 Å². The highest BCUT2D eigenvalue weighted by Gasteiger charge is 2.23. The number of carbonyl (C=O) groups is 1. The van der Waals surface area contributed by atoms with Crippen molar-refractivity contribution in [2.45, 2.75) is 48.9 Å². The lowest BCUT2D eigenvalue weighted by Gasteiger charge is -2.30. The van der Waals surface area contributed by atoms with Gasteiger partial charge in [-0.05, 0) is 128 Å². The van der Waals surface area contributed by atoms with Gasteiger partial charge < -0.3 is 10.2 Å². The summed E-state index contributed by atoms with van der Waals surface area (Å²) in [5.41, 5.74) is 5.80. The Morgan fingerprint density at radius 1 is 1.05 bits per heavy atom. The SMILES string of the molecule is CC(C)(I)c1cc(NC(=O)C(CCCCN2CCC2)c2ccc(-c3cccc(C#N)c3)cc2)ccc1I. The van der Waals surface area contributed by atoms with Crippen molar-refractivity contribution >= 4 is 56.8 Å². The van der Waals surface area contributed by atoms with E-state index in [0.717, 1.165) is 48.2 Å². The van der Waals surface area contributed by atoms with E-state index < -0.39 is 0 Å². The van der Waals surface area contributed by atoms with Crippen molar-refractivity contribution in [1.29, 1.82) is 5.26 Å². The van der Waals surface area contributed by atoms with Gasteiger partial charge in [0.2, 0.25) is 5.91 Å². The van der Waals surface area contributed by atoms with Crippen LogP contribution in [0.1, 0.15) is 62.1 Å². The van der Waals surface area contributed by atoms with E-state index in [1.807, 2.05) is 30.3 Å². The lowest BCUT2D eigenvalue weighted by molar-refractivity contribution is -0.117. The lowest BCUT2D eigenvalue weighted by Crippen LogP contribution is -2.37. The second kappa shape index (κ2) is 12.7. The second-order valence-electron chi connectivity index (χ2n) is 10.2. The molecule has 1 saturated heterocycles. The summed E-state index contributed by atoms with van der Waals surface area (Å²) in [5, 5.41) is 12.5. The maximum absolute atomic E-state index is 13.6. The molecule has 0 aliphatic carbocycles. The number of nitrogens with zero attached hydrogens (tertiary/aromatic N) is 2. The van der Waals surface area contributed by atoms with Crippen LogP contribution >= 0.6 is 45.2 Å². The van der Waals surface area contributed by atoms with Gasteiger partial charge in [-0.25, -0.2) is 0 Å². The lowest BCUT2D eigenvalue weighted by atomic mass is 9.90. The molecule has 1 aliphatic heterocycles. The molecule has 192 valence electrons. The highest BCUT2D eigenvalue weighted by Crippen LogP contribution is 2.36. The van der Waals surface area contributed by atoms with E-state index in [0.29, 0.717) is 5.56 Å². The topological polar surface area (TPSA) is 56.1 Å². The molecule has 1 aliphatic rings. The monoisotopic (exact) mass is 717 g/mol. The van der Waals surface area contributed by atoms with Crippen molar-refractivity contribution in [3.8, 4) is 17.2 Å². The Hall–Kier alpha value is -1.96. The molecule has 37 heavy (non-hydrogen) atoms. The molecule has 1 unspecified atom stereocenters. The van der Waals surface area contributed by atoms with Gasteiger partial charge in [-0.15, -0.1) is 0 Å². The number of hydrogen-bond acceptors (Lipinski definition) is 3. The molecule has 1 amide bonds. The van der Waals surface area contributed by atoms with Gasteiger partial charge >= 0.3 is 0 Å². The molecular formula is C31H33I2N3O. The number of rotatable bonds is 10. The number of nitrogens with one attached hydrogen (secondary N) is 1. The number of likely N-dealkylation sites (tertiary alicyclic amines) is 1. The zero-order valence-electron chi connectivity index (χ0n) is 21.4. The standard InChI is InChI=1S/C31H33I2N3O/c1-31(2,33)28-20-26(14-15-29(28)32)35-30(37)27(9-3-4-16-36-17-6-18-36)24-12-10-23(11-13-24)25-8-5-7-22(19-25)21-34/h5,7-8,10-15,19-20,27H,3-4,6,9,16-18H2,1-2H3,(H,35,37). The minimum Gasteiger partial charge on any atom is -0.326 e. The maximum Gasteiger partial charge on any atom is 0.231 e. The number of benzene rings is 3. The van der Waals surface area contributed by atoms with Crippen LogP contribution in [-0.4, -0.2) is 30.4 Å². The Bertz CT molecular complexity index is 1270. The van der Waals surface area contributed by atoms with Gasteiger partial charge in [0.05, 0.1) is 17.6 Å². The molecule has 1 fully saturated rings. The van der Waals surface area contributed by atoms with Crippen LogP contribution < -0.4 is 5.32 Å². The van der Waals surface area contributed by atoms with Crippen LogP contribution in [-0.2, 0) is 8.22 Å². The fourth-order valence-corrected chi connectivity index (χ4v) is 6.67. The number of amides is 1. The third-order valence-electron chi connectivity index (χ3n) is 6.99. The molecule has 1 heterocycles. The van der Waals surface area contributed by atoms with Gasteiger partial charge in [0.1, 0.15) is 0 Å². The quantitative estimate of drug-likeness (QED) is 0.131. The van der Waals surface area contributed by atoms with E-state index in [-0.39, 0.29) is 15.2 Å². The molecule has 3 aromatic carbocycles. The molecule has 0 saturated carbocycles. The average Bonchev–Trinajstić information content (AvgIpc) is 2.85. The first kappa shape index (κ1) is 28.1. The normalized spacial score (nSPS) is 14.5. The van der Waals surface area contributed by atoms with Crippen LogP contribution in [0, 0.1) is 14.9 Å². The van der Waals surface area contributed by atoms with Gasteiger partial charge in [0, 0.05) is 12.7 Å². The summed E-state index contributed by atoms with van der Waals surface area (Å²) in [6, 6.07) is 24.3. The van der Waals surface area contributed by atoms with Crippen molar-refractivity contribution in [2.24, 2.45) is 0 Å². The fraction of sp³-hybridized carbons (Fsp3) is 0.355. The first-order valence-electron chi connectivity index (χ1n) is 12.9. The number of halogens is 2. The summed E-state index contributed by atoms with van der Waals surface area (Å²) < 4.78 is 1.18. The summed E-state index contributed by atoms with van der Waals surface area (Å²) in [6.07, 6.45) is 4.25. The Morgan fingerprint density at radius 3 is 2.46 bits per heavy atom. The van der Waals surface area contributed by atoms with Gasteiger partial charge in [-0.3, -0.25) is 4.79 Å². The molecule has 0 aromatic heterocycles. The third-order valence-corrected chi connectivity index (χ3v) is 8.52. The molecular weight excluding hydrogens is 684 g/mol. The molecule has 0 bridgehead atoms. The maximum atomic E-state index is 13.6. The third kappa shape index (κ3) is 7.55. The van der Waals surface area contributed by atoms with E-state index in [9.17, 15) is 10.1 Å². The van der Waals surface area contributed by atoms with Crippen molar-refractivity contribution in [3.05, 3.63) is 87.0 Å². The van der Waals surface area contributed by atoms with E-state index >= 15 is 0 Å². The first-order chi connectivity index (χ1) is 17.7. The van der Waals surface area contributed by atoms with Crippen LogP contribution in [0.4, 0.5) is 5.69 Å². The van der Waals surface area contributed by atoms with Crippen LogP contribution in [0.3, 0.4) is 0 Å². The number of hydrogen-bond donors (Lipinski definition) is 1. The molecule has 6 heteroatoms. The predicted octanol–water partition coefficient (Wildman–Crippen LogP) is 8.10. The zero-order valence-corrected chi connectivity index (χ0v) is 25.8. The number of carbonyl (C=O) groups excluding carboxylic acids is 1. The zero-order chi connectivity index (χ0) is 26.4. The minimum absolute atomic E-state index is 0.0238. The van der Waals surface area contributed by atoms with Gasteiger partial charge in [-0.1, -0.05) is 65.4 Å². The smallest absolute Gasteiger partial charge is 0.231 e. The molecule has 4 nitrogen and oxygen atoms in total. The summed E-state index contributed by atoms with van der Waals surface area (Å²) in [5.74, 6) is -0.173. The molecule has 1 N–H and O–H groups in total. The number of alkyl halides is 1. The van der Waals surface area contributed by atoms with Crippen LogP contribution in [0.15, 0.2) is 66.7 Å². The van der Waals surface area contributed by atoms with Crippen molar-refractivity contribution in [3.63, 3.8) is 0 Å². The number of anilines is 1. The Kier molecular flexibility index (Phi) is 9.65. The second-order valence-corrected chi connectivity index (χ2v) is 14.1. The van der Waals surface area contributed by atoms with Gasteiger partial charge in [0.15, 0.2) is 0 Å². The Morgan fingerprint density at radius 2 is 1.81 bits per heavy atom. The Labute approximate surface area is 248 Å². The Balaban J connectivity index is 1.53. The molecule has 3 aromatic rings. The molecule has 0 radical (unpaired) electrons. The van der Waals surface area contributed by atoms with Crippen LogP contribution in [0.25, 0.3) is 11.1 Å². The number of unbranched alkanes of at least 4 members (excludes halogenated alkanes) is 1. The summed E-state index contributed by atoms with van der Waals surface area (Å²) in [6.45, 7) is 7.91. The van der Waals surface area contributed by atoms with E-state index in [4.69, 9.17) is 0 Å². The fourth-order valence-electron chi connectivity index (χ4n) is 4.70. The molecule has 1 atom stereocenters. The molecule has 4 rings (SSSR count). The molecule has 0 spiro atoms. The van der Waals surface area contributed by atoms with E-state index in [1.54, 1.807) is 0 Å². The van der Waals surface area contributed by atoms with Crippen LogP contribution in [0.5, 0.6) is 0 Å². The summed E-state index contributed by atoms with van der Waals surface area (Å²) in [4.78, 5) is 16.1. The minimum atomic E-state index is -0.216. The largest absolute Gasteiger partial charge is 0.326 e. The number of nitriles is 1. The van der Waals surface area contributed by atoms with Gasteiger partial charge in [0.25, 0.3) is 0 Å². The van der Waals surface area contributed by atoms with E-state index in [1.165, 1.54) is 28.6 Å². The predicted molar refractivity (Wildman–Crippen MR) is 169 cm³/mol. The average molecular weight is 717 g/mol. The van der Waals surface area contributed by atoms with Crippen molar-refractivity contribution < 1.29 is 4.79 Å². The van der Waals surface area contributed by atoms with Crippen molar-refractivity contribution in [1.82, 2.24) is 4.90 Å². The van der Waals surface area contributed by atoms with Crippen LogP contribution in [0.2, 0.25) is 0 Å². The summed E-state index contributed by atoms with van der Waals surface area (Å²) in [7, 11) is 0. The van der Waals surface area contributed by atoms with Crippen molar-refractivity contribution in [2.75, 3.05) is 25.0 Å². The van der Waals surface area contributed by atoms with Gasteiger partial charge in [-0.2, -0.15) is 5.26 Å². The first-order valence-corrected chi connectivity index (χ1v) is 15.0. The highest BCUT2D eigenvalue weighted by molar-refractivity contribution is 14.1. The summed E-state index contributed by atoms with van der Waals surface area (Å²) >= 11 is 4.82.